The number of nitrogens with zero attached hydrogens (tertiary/aromatic N) is 3. The number of carbonyl (C=O) groups is 1. The van der Waals surface area contributed by atoms with Gasteiger partial charge < -0.3 is 19.8 Å². The summed E-state index contributed by atoms with van der Waals surface area (Å²) in [6.45, 7) is 13.8. The molecule has 3 heterocycles. The number of hydrogen-bond donors (Lipinski definition) is 2. The number of amides is 2. The molecule has 2 amide bonds. The molecule has 0 radical (unpaired) electrons. The number of aromatic amines is 1. The zero-order valence-electron chi connectivity index (χ0n) is 30.2. The monoisotopic (exact) mass is 687 g/mol. The lowest BCUT2D eigenvalue weighted by Gasteiger charge is -2.27. The molecule has 0 aliphatic carbocycles. The molecule has 51 heavy (non-hydrogen) atoms. The predicted octanol–water partition coefficient (Wildman–Crippen LogP) is 8.22. The van der Waals surface area contributed by atoms with E-state index in [-0.39, 0.29) is 23.4 Å². The number of benzene rings is 3. The first-order valence-electron chi connectivity index (χ1n) is 18.1. The lowest BCUT2D eigenvalue weighted by molar-refractivity contribution is 0.0322. The van der Waals surface area contributed by atoms with Gasteiger partial charge in [0.25, 0.3) is 5.56 Å². The van der Waals surface area contributed by atoms with E-state index < -0.39 is 0 Å². The van der Waals surface area contributed by atoms with Gasteiger partial charge in [-0.3, -0.25) is 14.6 Å². The molecule has 266 valence electrons. The van der Waals surface area contributed by atoms with Gasteiger partial charge in [-0.05, 0) is 95.0 Å². The second-order valence-electron chi connectivity index (χ2n) is 13.8. The normalized spacial score (nSPS) is 13.5. The number of aryl methyl sites for hydroxylation is 1. The molecule has 0 bridgehead atoms. The molecule has 5 aromatic rings. The Labute approximate surface area is 300 Å². The molecule has 9 nitrogen and oxygen atoms in total. The van der Waals surface area contributed by atoms with E-state index in [0.29, 0.717) is 30.9 Å². The first kappa shape index (κ1) is 35.8. The van der Waals surface area contributed by atoms with Crippen molar-refractivity contribution in [3.05, 3.63) is 118 Å². The SMILES string of the molecule is CC(C)c1cc(-c2cccc(OCCN3CCOCC3)c2)cc(C(C)C)c1NC(=O)N(CCCc1ccccc1)c1cc2cccnc2[nH]c1=O. The minimum atomic E-state index is -0.355. The quantitative estimate of drug-likeness (QED) is 0.129. The third kappa shape index (κ3) is 9.03. The molecular weight excluding hydrogens is 638 g/mol. The molecule has 0 saturated carbocycles. The van der Waals surface area contributed by atoms with E-state index >= 15 is 0 Å². The third-order valence-electron chi connectivity index (χ3n) is 9.44. The Kier molecular flexibility index (Phi) is 11.8. The van der Waals surface area contributed by atoms with Crippen molar-refractivity contribution in [2.45, 2.75) is 52.4 Å². The molecule has 6 rings (SSSR count). The van der Waals surface area contributed by atoms with Crippen LogP contribution in [-0.4, -0.2) is 66.9 Å². The molecule has 2 aromatic heterocycles. The highest BCUT2D eigenvalue weighted by atomic mass is 16.5. The van der Waals surface area contributed by atoms with Crippen molar-refractivity contribution < 1.29 is 14.3 Å². The Morgan fingerprint density at radius 2 is 1.67 bits per heavy atom. The van der Waals surface area contributed by atoms with Crippen LogP contribution in [0.25, 0.3) is 22.2 Å². The minimum Gasteiger partial charge on any atom is -0.492 e. The first-order chi connectivity index (χ1) is 24.8. The van der Waals surface area contributed by atoms with E-state index in [9.17, 15) is 9.59 Å². The fourth-order valence-corrected chi connectivity index (χ4v) is 6.61. The summed E-state index contributed by atoms with van der Waals surface area (Å²) in [6, 6.07) is 27.9. The number of fused-ring (bicyclic) bond motifs is 1. The largest absolute Gasteiger partial charge is 0.492 e. The van der Waals surface area contributed by atoms with Gasteiger partial charge in [-0.25, -0.2) is 9.78 Å². The highest BCUT2D eigenvalue weighted by molar-refractivity contribution is 6.03. The van der Waals surface area contributed by atoms with Gasteiger partial charge in [0, 0.05) is 43.4 Å². The Bertz CT molecular complexity index is 1960. The van der Waals surface area contributed by atoms with E-state index in [1.54, 1.807) is 17.2 Å². The molecule has 9 heteroatoms. The Balaban J connectivity index is 1.29. The molecule has 0 atom stereocenters. The molecule has 2 N–H and O–H groups in total. The van der Waals surface area contributed by atoms with Crippen molar-refractivity contribution >= 4 is 28.4 Å². The van der Waals surface area contributed by atoms with Crippen LogP contribution in [0.3, 0.4) is 0 Å². The van der Waals surface area contributed by atoms with Gasteiger partial charge in [-0.15, -0.1) is 0 Å². The summed E-state index contributed by atoms with van der Waals surface area (Å²) in [4.78, 5) is 39.0. The molecule has 1 aliphatic heterocycles. The summed E-state index contributed by atoms with van der Waals surface area (Å²) < 4.78 is 11.7. The predicted molar refractivity (Wildman–Crippen MR) is 206 cm³/mol. The molecule has 0 spiro atoms. The van der Waals surface area contributed by atoms with Gasteiger partial charge in [0.1, 0.15) is 23.7 Å². The number of morpholine rings is 1. The van der Waals surface area contributed by atoms with Crippen molar-refractivity contribution in [2.75, 3.05) is 56.2 Å². The zero-order valence-corrected chi connectivity index (χ0v) is 30.2. The summed E-state index contributed by atoms with van der Waals surface area (Å²) in [7, 11) is 0. The number of hydrogen-bond acceptors (Lipinski definition) is 6. The number of nitrogens with one attached hydrogen (secondary N) is 2. The van der Waals surface area contributed by atoms with Crippen LogP contribution in [0.15, 0.2) is 95.9 Å². The van der Waals surface area contributed by atoms with Gasteiger partial charge >= 0.3 is 6.03 Å². The summed E-state index contributed by atoms with van der Waals surface area (Å²) in [5.41, 5.74) is 6.58. The maximum Gasteiger partial charge on any atom is 0.326 e. The van der Waals surface area contributed by atoms with Crippen LogP contribution in [0.2, 0.25) is 0 Å². The lowest BCUT2D eigenvalue weighted by Crippen LogP contribution is -2.39. The number of ether oxygens (including phenoxy) is 2. The molecule has 0 unspecified atom stereocenters. The maximum absolute atomic E-state index is 14.4. The van der Waals surface area contributed by atoms with Crippen LogP contribution < -0.4 is 20.5 Å². The van der Waals surface area contributed by atoms with E-state index in [4.69, 9.17) is 9.47 Å². The molecule has 3 aromatic carbocycles. The first-order valence-corrected chi connectivity index (χ1v) is 18.1. The van der Waals surface area contributed by atoms with Crippen LogP contribution >= 0.6 is 0 Å². The average molecular weight is 688 g/mol. The summed E-state index contributed by atoms with van der Waals surface area (Å²) in [5.74, 6) is 1.07. The number of urea groups is 1. The van der Waals surface area contributed by atoms with Crippen LogP contribution in [0.5, 0.6) is 5.75 Å². The van der Waals surface area contributed by atoms with Gasteiger partial charge in [0.05, 0.1) is 13.2 Å². The highest BCUT2D eigenvalue weighted by Gasteiger charge is 2.24. The molecule has 1 saturated heterocycles. The maximum atomic E-state index is 14.4. The lowest BCUT2D eigenvalue weighted by atomic mass is 9.88. The topological polar surface area (TPSA) is 99.8 Å². The number of carbonyl (C=O) groups excluding carboxylic acids is 1. The second-order valence-corrected chi connectivity index (χ2v) is 13.8. The fourth-order valence-electron chi connectivity index (χ4n) is 6.61. The Morgan fingerprint density at radius 3 is 2.39 bits per heavy atom. The van der Waals surface area contributed by atoms with E-state index in [1.165, 1.54) is 5.56 Å². The minimum absolute atomic E-state index is 0.118. The van der Waals surface area contributed by atoms with Crippen LogP contribution in [-0.2, 0) is 11.2 Å². The number of rotatable bonds is 13. The Morgan fingerprint density at radius 1 is 0.922 bits per heavy atom. The number of anilines is 2. The van der Waals surface area contributed by atoms with Crippen molar-refractivity contribution in [3.8, 4) is 16.9 Å². The average Bonchev–Trinajstić information content (AvgIpc) is 3.14. The van der Waals surface area contributed by atoms with Gasteiger partial charge in [0.15, 0.2) is 0 Å². The van der Waals surface area contributed by atoms with Gasteiger partial charge in [0.2, 0.25) is 0 Å². The summed E-state index contributed by atoms with van der Waals surface area (Å²) in [6.07, 6.45) is 3.10. The van der Waals surface area contributed by atoms with Crippen LogP contribution in [0, 0.1) is 0 Å². The second kappa shape index (κ2) is 16.8. The summed E-state index contributed by atoms with van der Waals surface area (Å²) >= 11 is 0. The Hall–Kier alpha value is -4.99. The van der Waals surface area contributed by atoms with E-state index in [1.807, 2.05) is 42.5 Å². The summed E-state index contributed by atoms with van der Waals surface area (Å²) in [5, 5.41) is 4.05. The van der Waals surface area contributed by atoms with Crippen molar-refractivity contribution in [2.24, 2.45) is 0 Å². The number of pyridine rings is 2. The van der Waals surface area contributed by atoms with E-state index in [0.717, 1.165) is 78.3 Å². The van der Waals surface area contributed by atoms with E-state index in [2.05, 4.69) is 84.3 Å². The van der Waals surface area contributed by atoms with Crippen molar-refractivity contribution in [1.29, 1.82) is 0 Å². The number of aromatic nitrogens is 2. The van der Waals surface area contributed by atoms with Gasteiger partial charge in [-0.1, -0.05) is 70.2 Å². The van der Waals surface area contributed by atoms with Crippen LogP contribution in [0.1, 0.15) is 62.6 Å². The van der Waals surface area contributed by atoms with Crippen molar-refractivity contribution in [3.63, 3.8) is 0 Å². The molecular formula is C42H49N5O4. The molecule has 1 fully saturated rings. The van der Waals surface area contributed by atoms with Gasteiger partial charge in [-0.2, -0.15) is 0 Å². The standard InChI is InChI=1S/C42H49N5O4/c1-29(2)36-26-34(32-14-8-16-35(25-32)51-24-21-46-19-22-50-23-20-46)27-37(30(3)4)39(36)44-42(49)47(18-10-13-31-11-6-5-7-12-31)38-28-33-15-9-17-43-40(33)45-41(38)48/h5-9,11-12,14-17,25-30H,10,13,18-24H2,1-4H3,(H,44,49)(H,43,45,48). The highest BCUT2D eigenvalue weighted by Crippen LogP contribution is 2.38. The number of H-pyrrole nitrogens is 1. The van der Waals surface area contributed by atoms with Crippen LogP contribution in [0.4, 0.5) is 16.2 Å². The zero-order chi connectivity index (χ0) is 35.7. The van der Waals surface area contributed by atoms with Crippen molar-refractivity contribution in [1.82, 2.24) is 14.9 Å². The molecule has 1 aliphatic rings. The third-order valence-corrected chi connectivity index (χ3v) is 9.44. The smallest absolute Gasteiger partial charge is 0.326 e. The fraction of sp³-hybridized carbons (Fsp3) is 0.357.